The van der Waals surface area contributed by atoms with E-state index in [0.717, 1.165) is 11.4 Å². The van der Waals surface area contributed by atoms with Gasteiger partial charge in [0, 0.05) is 29.7 Å². The minimum Gasteiger partial charge on any atom is -0.363 e. The number of anilines is 1. The van der Waals surface area contributed by atoms with Gasteiger partial charge in [0.2, 0.25) is 0 Å². The van der Waals surface area contributed by atoms with Crippen molar-refractivity contribution in [2.75, 3.05) is 4.90 Å². The second-order valence-electron chi connectivity index (χ2n) is 5.97. The Kier molecular flexibility index (Phi) is 3.87. The average Bonchev–Trinajstić information content (AvgIpc) is 3.15. The van der Waals surface area contributed by atoms with Crippen molar-refractivity contribution < 1.29 is 4.79 Å². The summed E-state index contributed by atoms with van der Waals surface area (Å²) >= 11 is 6.60. The lowest BCUT2D eigenvalue weighted by Crippen LogP contribution is -2.43. The molecule has 0 aliphatic carbocycles. The van der Waals surface area contributed by atoms with Gasteiger partial charge < -0.3 is 9.88 Å². The van der Waals surface area contributed by atoms with Crippen molar-refractivity contribution in [3.63, 3.8) is 0 Å². The molecule has 120 valence electrons. The van der Waals surface area contributed by atoms with Gasteiger partial charge in [0.05, 0.1) is 6.04 Å². The molecule has 2 atom stereocenters. The third kappa shape index (κ3) is 2.51. The third-order valence-electron chi connectivity index (χ3n) is 4.48. The van der Waals surface area contributed by atoms with E-state index in [9.17, 15) is 4.79 Å². The van der Waals surface area contributed by atoms with Gasteiger partial charge in [-0.1, -0.05) is 42.5 Å². The maximum Gasteiger partial charge on any atom is 0.185 e. The molecule has 0 saturated carbocycles. The zero-order valence-electron chi connectivity index (χ0n) is 13.0. The molecule has 0 bridgehead atoms. The van der Waals surface area contributed by atoms with Crippen LogP contribution < -0.4 is 4.90 Å². The number of para-hydroxylation sites is 1. The molecule has 3 nitrogen and oxygen atoms in total. The molecule has 2 heterocycles. The van der Waals surface area contributed by atoms with Crippen LogP contribution in [0.1, 0.15) is 27.7 Å². The highest BCUT2D eigenvalue weighted by Crippen LogP contribution is 2.41. The van der Waals surface area contributed by atoms with Crippen molar-refractivity contribution in [3.8, 4) is 0 Å². The van der Waals surface area contributed by atoms with Gasteiger partial charge in [0.1, 0.15) is 5.38 Å². The fourth-order valence-corrected chi connectivity index (χ4v) is 3.74. The summed E-state index contributed by atoms with van der Waals surface area (Å²) in [5, 5.41) is -0.623. The summed E-state index contributed by atoms with van der Waals surface area (Å²) in [5.74, 6) is -0.0174. The number of aromatic nitrogens is 1. The van der Waals surface area contributed by atoms with Gasteiger partial charge in [0.25, 0.3) is 0 Å². The second-order valence-corrected chi connectivity index (χ2v) is 6.44. The number of rotatable bonds is 3. The number of carbonyl (C=O) groups excluding carboxylic acids is 1. The van der Waals surface area contributed by atoms with Crippen LogP contribution in [0, 0.1) is 0 Å². The molecule has 0 amide bonds. The van der Waals surface area contributed by atoms with Crippen LogP contribution in [0.15, 0.2) is 72.9 Å². The Balaban J connectivity index is 1.83. The molecule has 24 heavy (non-hydrogen) atoms. The smallest absolute Gasteiger partial charge is 0.185 e. The molecule has 1 aliphatic rings. The molecule has 2 unspecified atom stereocenters. The number of nitrogens with one attached hydrogen (secondary N) is 1. The standard InChI is InChI=1S/C20H17ClN2O/c21-18-19(16-10-6-12-22-16)23(13-14-7-2-1-3-8-14)17-11-5-4-9-15(17)20(18)24/h1-12,18-19,22H,13H2. The van der Waals surface area contributed by atoms with E-state index in [1.54, 1.807) is 0 Å². The summed E-state index contributed by atoms with van der Waals surface area (Å²) in [6, 6.07) is 21.6. The highest BCUT2D eigenvalue weighted by atomic mass is 35.5. The van der Waals surface area contributed by atoms with E-state index in [2.05, 4.69) is 22.0 Å². The minimum absolute atomic E-state index is 0.0174. The number of alkyl halides is 1. The van der Waals surface area contributed by atoms with Crippen LogP contribution >= 0.6 is 11.6 Å². The first-order valence-electron chi connectivity index (χ1n) is 7.97. The number of halogens is 1. The first kappa shape index (κ1) is 15.0. The third-order valence-corrected chi connectivity index (χ3v) is 4.92. The van der Waals surface area contributed by atoms with Crippen LogP contribution in [0.4, 0.5) is 5.69 Å². The van der Waals surface area contributed by atoms with Gasteiger partial charge in [0.15, 0.2) is 5.78 Å². The van der Waals surface area contributed by atoms with Crippen LogP contribution in [-0.2, 0) is 6.54 Å². The molecule has 1 aromatic heterocycles. The zero-order chi connectivity index (χ0) is 16.5. The van der Waals surface area contributed by atoms with Crippen LogP contribution in [-0.4, -0.2) is 16.1 Å². The van der Waals surface area contributed by atoms with E-state index in [1.807, 2.05) is 60.8 Å². The molecule has 1 aliphatic heterocycles. The number of fused-ring (bicyclic) bond motifs is 1. The molecule has 0 fully saturated rings. The quantitative estimate of drug-likeness (QED) is 0.711. The Morgan fingerprint density at radius 2 is 1.71 bits per heavy atom. The van der Waals surface area contributed by atoms with Gasteiger partial charge in [-0.15, -0.1) is 11.6 Å². The summed E-state index contributed by atoms with van der Waals surface area (Å²) in [7, 11) is 0. The molecule has 0 radical (unpaired) electrons. The van der Waals surface area contributed by atoms with Gasteiger partial charge >= 0.3 is 0 Å². The summed E-state index contributed by atoms with van der Waals surface area (Å²) in [4.78, 5) is 18.2. The van der Waals surface area contributed by atoms with Crippen molar-refractivity contribution in [3.05, 3.63) is 89.7 Å². The van der Waals surface area contributed by atoms with E-state index in [0.29, 0.717) is 12.1 Å². The number of ketones is 1. The van der Waals surface area contributed by atoms with E-state index >= 15 is 0 Å². The molecule has 3 aromatic rings. The van der Waals surface area contributed by atoms with Crippen molar-refractivity contribution in [2.24, 2.45) is 0 Å². The van der Waals surface area contributed by atoms with Gasteiger partial charge in [-0.05, 0) is 29.8 Å². The monoisotopic (exact) mass is 336 g/mol. The van der Waals surface area contributed by atoms with Gasteiger partial charge in [-0.2, -0.15) is 0 Å². The number of hydrogen-bond acceptors (Lipinski definition) is 2. The van der Waals surface area contributed by atoms with Crippen LogP contribution in [0.2, 0.25) is 0 Å². The Hall–Kier alpha value is -2.52. The Morgan fingerprint density at radius 3 is 2.46 bits per heavy atom. The minimum atomic E-state index is -0.623. The molecule has 4 heteroatoms. The van der Waals surface area contributed by atoms with Crippen LogP contribution in [0.3, 0.4) is 0 Å². The summed E-state index contributed by atoms with van der Waals surface area (Å²) in [5.41, 5.74) is 3.76. The normalized spacial score (nSPS) is 20.0. The molecule has 0 spiro atoms. The molecule has 0 saturated heterocycles. The van der Waals surface area contributed by atoms with Crippen LogP contribution in [0.5, 0.6) is 0 Å². The summed E-state index contributed by atoms with van der Waals surface area (Å²) < 4.78 is 0. The predicted octanol–water partition coefficient (Wildman–Crippen LogP) is 4.57. The predicted molar refractivity (Wildman–Crippen MR) is 96.6 cm³/mol. The molecule has 1 N–H and O–H groups in total. The van der Waals surface area contributed by atoms with E-state index in [-0.39, 0.29) is 11.8 Å². The Morgan fingerprint density at radius 1 is 0.958 bits per heavy atom. The number of nitrogens with zero attached hydrogens (tertiary/aromatic N) is 1. The largest absolute Gasteiger partial charge is 0.363 e. The number of aromatic amines is 1. The highest BCUT2D eigenvalue weighted by Gasteiger charge is 2.40. The van der Waals surface area contributed by atoms with Crippen LogP contribution in [0.25, 0.3) is 0 Å². The number of carbonyl (C=O) groups is 1. The van der Waals surface area contributed by atoms with Crippen molar-refractivity contribution >= 4 is 23.1 Å². The SMILES string of the molecule is O=C1c2ccccc2N(Cc2ccccc2)C(c2ccc[nH]2)C1Cl. The Labute approximate surface area is 145 Å². The maximum absolute atomic E-state index is 12.7. The van der Waals surface area contributed by atoms with Gasteiger partial charge in [-0.25, -0.2) is 0 Å². The van der Waals surface area contributed by atoms with Crippen molar-refractivity contribution in [1.82, 2.24) is 4.98 Å². The molecule has 4 rings (SSSR count). The summed E-state index contributed by atoms with van der Waals surface area (Å²) in [6.45, 7) is 0.692. The Bertz CT molecular complexity index is 845. The maximum atomic E-state index is 12.7. The average molecular weight is 337 g/mol. The van der Waals surface area contributed by atoms with Crippen molar-refractivity contribution in [2.45, 2.75) is 18.0 Å². The van der Waals surface area contributed by atoms with Gasteiger partial charge in [-0.3, -0.25) is 4.79 Å². The zero-order valence-corrected chi connectivity index (χ0v) is 13.8. The van der Waals surface area contributed by atoms with E-state index in [4.69, 9.17) is 11.6 Å². The van der Waals surface area contributed by atoms with E-state index in [1.165, 1.54) is 5.56 Å². The number of H-pyrrole nitrogens is 1. The lowest BCUT2D eigenvalue weighted by molar-refractivity contribution is 0.0969. The second kappa shape index (κ2) is 6.17. The number of benzene rings is 2. The fraction of sp³-hybridized carbons (Fsp3) is 0.150. The number of hydrogen-bond donors (Lipinski definition) is 1. The first-order valence-corrected chi connectivity index (χ1v) is 8.40. The lowest BCUT2D eigenvalue weighted by Gasteiger charge is -2.40. The fourth-order valence-electron chi connectivity index (χ4n) is 3.35. The first-order chi connectivity index (χ1) is 11.8. The summed E-state index contributed by atoms with van der Waals surface area (Å²) in [6.07, 6.45) is 1.87. The molecular weight excluding hydrogens is 320 g/mol. The molecule has 2 aromatic carbocycles. The molecular formula is C20H17ClN2O. The topological polar surface area (TPSA) is 36.1 Å². The number of Topliss-reactive ketones (excluding diaryl/α,β-unsaturated/α-hetero) is 1. The lowest BCUT2D eigenvalue weighted by atomic mass is 9.91. The van der Waals surface area contributed by atoms with E-state index < -0.39 is 5.38 Å². The van der Waals surface area contributed by atoms with Crippen molar-refractivity contribution in [1.29, 1.82) is 0 Å². The highest BCUT2D eigenvalue weighted by molar-refractivity contribution is 6.36.